The molecule has 2 aromatic carbocycles. The quantitative estimate of drug-likeness (QED) is 0.458. The molecular weight excluding hydrogens is 492 g/mol. The molecule has 0 aliphatic carbocycles. The zero-order chi connectivity index (χ0) is 26.0. The fraction of sp³-hybridized carbons (Fsp3) is 0.292. The summed E-state index contributed by atoms with van der Waals surface area (Å²) < 4.78 is 33.9. The summed E-state index contributed by atoms with van der Waals surface area (Å²) in [6.07, 6.45) is 1.50. The lowest BCUT2D eigenvalue weighted by molar-refractivity contribution is -0.121. The van der Waals surface area contributed by atoms with Crippen molar-refractivity contribution in [2.24, 2.45) is 0 Å². The van der Waals surface area contributed by atoms with E-state index < -0.39 is 21.3 Å². The van der Waals surface area contributed by atoms with E-state index in [9.17, 15) is 18.0 Å². The Balaban J connectivity index is 2.06. The number of nitrogens with one attached hydrogen (secondary N) is 1. The highest BCUT2D eigenvalue weighted by molar-refractivity contribution is 7.90. The number of hydrogen-bond donors (Lipinski definition) is 1. The van der Waals surface area contributed by atoms with Crippen molar-refractivity contribution in [3.8, 4) is 17.1 Å². The highest BCUT2D eigenvalue weighted by atomic mass is 35.5. The second-order valence-corrected chi connectivity index (χ2v) is 11.0. The molecule has 1 N–H and O–H groups in total. The number of ether oxygens (including phenoxy) is 1. The van der Waals surface area contributed by atoms with Crippen LogP contribution in [0.1, 0.15) is 26.3 Å². The normalized spacial score (nSPS) is 11.8. The molecule has 0 saturated heterocycles. The van der Waals surface area contributed by atoms with Gasteiger partial charge in [0.1, 0.15) is 10.6 Å². The van der Waals surface area contributed by atoms with Crippen LogP contribution in [0.3, 0.4) is 0 Å². The minimum Gasteiger partial charge on any atom is -0.495 e. The van der Waals surface area contributed by atoms with Crippen molar-refractivity contribution >= 4 is 27.5 Å². The Morgan fingerprint density at radius 2 is 1.86 bits per heavy atom. The summed E-state index contributed by atoms with van der Waals surface area (Å²) >= 11 is 5.95. The number of carbonyl (C=O) groups is 1. The minimum absolute atomic E-state index is 0.00993. The summed E-state index contributed by atoms with van der Waals surface area (Å²) in [5.41, 5.74) is -0.202. The Morgan fingerprint density at radius 1 is 1.20 bits per heavy atom. The van der Waals surface area contributed by atoms with Crippen molar-refractivity contribution in [2.75, 3.05) is 7.11 Å². The second-order valence-electron chi connectivity index (χ2n) is 8.82. The van der Waals surface area contributed by atoms with Crippen LogP contribution in [0.5, 0.6) is 5.75 Å². The molecule has 9 nitrogen and oxygen atoms in total. The van der Waals surface area contributed by atoms with Gasteiger partial charge in [-0.3, -0.25) is 9.36 Å². The van der Waals surface area contributed by atoms with Crippen LogP contribution in [-0.2, 0) is 27.8 Å². The van der Waals surface area contributed by atoms with E-state index in [1.54, 1.807) is 24.3 Å². The molecule has 1 amide bonds. The molecule has 0 fully saturated rings. The number of halogens is 1. The molecule has 3 aromatic rings. The largest absolute Gasteiger partial charge is 0.495 e. The molecule has 35 heavy (non-hydrogen) atoms. The SMILES string of the molecule is C=CCn1c(-c2ccc(Cl)cc2)nn(S(=O)(=O)c2ccc(CC(=O)NC(C)(C)C)cc2OC)c1=O. The van der Waals surface area contributed by atoms with E-state index in [0.29, 0.717) is 20.2 Å². The molecule has 1 aromatic heterocycles. The van der Waals surface area contributed by atoms with Crippen LogP contribution in [0.25, 0.3) is 11.4 Å². The first-order chi connectivity index (χ1) is 16.4. The third kappa shape index (κ3) is 5.83. The highest BCUT2D eigenvalue weighted by Gasteiger charge is 2.29. The third-order valence-corrected chi connectivity index (χ3v) is 6.70. The van der Waals surface area contributed by atoms with Gasteiger partial charge in [0.2, 0.25) is 5.91 Å². The van der Waals surface area contributed by atoms with E-state index >= 15 is 0 Å². The van der Waals surface area contributed by atoms with Gasteiger partial charge in [0.15, 0.2) is 5.82 Å². The number of rotatable bonds is 8. The Hall–Kier alpha value is -3.37. The van der Waals surface area contributed by atoms with E-state index in [2.05, 4.69) is 17.0 Å². The van der Waals surface area contributed by atoms with E-state index in [-0.39, 0.29) is 35.3 Å². The second kappa shape index (κ2) is 10.1. The molecule has 0 bridgehead atoms. The molecule has 186 valence electrons. The number of benzene rings is 2. The van der Waals surface area contributed by atoms with Crippen LogP contribution < -0.4 is 15.7 Å². The Morgan fingerprint density at radius 3 is 2.43 bits per heavy atom. The van der Waals surface area contributed by atoms with Crippen LogP contribution >= 0.6 is 11.6 Å². The van der Waals surface area contributed by atoms with Crippen molar-refractivity contribution in [3.63, 3.8) is 0 Å². The molecule has 0 aliphatic rings. The maximum Gasteiger partial charge on any atom is 0.361 e. The van der Waals surface area contributed by atoms with Gasteiger partial charge in [-0.05, 0) is 62.7 Å². The topological polar surface area (TPSA) is 112 Å². The van der Waals surface area contributed by atoms with E-state index in [1.165, 1.54) is 36.0 Å². The van der Waals surface area contributed by atoms with Crippen molar-refractivity contribution in [1.29, 1.82) is 0 Å². The first-order valence-corrected chi connectivity index (χ1v) is 12.5. The van der Waals surface area contributed by atoms with Crippen LogP contribution in [-0.4, -0.2) is 40.7 Å². The first-order valence-electron chi connectivity index (χ1n) is 10.7. The summed E-state index contributed by atoms with van der Waals surface area (Å²) in [5.74, 6) is -0.0870. The average Bonchev–Trinajstić information content (AvgIpc) is 3.10. The lowest BCUT2D eigenvalue weighted by Gasteiger charge is -2.20. The molecule has 0 unspecified atom stereocenters. The van der Waals surface area contributed by atoms with Crippen LogP contribution in [0.2, 0.25) is 5.02 Å². The van der Waals surface area contributed by atoms with E-state index in [1.807, 2.05) is 20.8 Å². The van der Waals surface area contributed by atoms with Crippen molar-refractivity contribution < 1.29 is 17.9 Å². The number of hydrogen-bond acceptors (Lipinski definition) is 6. The standard InChI is InChI=1S/C24H27ClN4O5S/c1-6-13-28-22(17-8-10-18(25)11-9-17)27-29(23(28)31)35(32,33)20-12-7-16(14-19(20)34-5)15-21(30)26-24(2,3)4/h6-12,14H,1,13,15H2,2-5H3,(H,26,30). The third-order valence-electron chi connectivity index (χ3n) is 4.86. The first kappa shape index (κ1) is 26.2. The Labute approximate surface area is 209 Å². The molecular formula is C24H27ClN4O5S. The summed E-state index contributed by atoms with van der Waals surface area (Å²) in [7, 11) is -3.13. The summed E-state index contributed by atoms with van der Waals surface area (Å²) in [4.78, 5) is 25.1. The molecule has 0 spiro atoms. The summed E-state index contributed by atoms with van der Waals surface area (Å²) in [6, 6.07) is 10.8. The fourth-order valence-electron chi connectivity index (χ4n) is 3.42. The van der Waals surface area contributed by atoms with Gasteiger partial charge in [-0.1, -0.05) is 27.8 Å². The van der Waals surface area contributed by atoms with E-state index in [4.69, 9.17) is 16.3 Å². The zero-order valence-electron chi connectivity index (χ0n) is 19.9. The lowest BCUT2D eigenvalue weighted by atomic mass is 10.1. The maximum atomic E-state index is 13.5. The highest BCUT2D eigenvalue weighted by Crippen LogP contribution is 2.27. The smallest absolute Gasteiger partial charge is 0.361 e. The van der Waals surface area contributed by atoms with Gasteiger partial charge in [0, 0.05) is 22.7 Å². The summed E-state index contributed by atoms with van der Waals surface area (Å²) in [6.45, 7) is 9.28. The molecule has 0 radical (unpaired) electrons. The molecule has 11 heteroatoms. The van der Waals surface area contributed by atoms with E-state index in [0.717, 1.165) is 0 Å². The lowest BCUT2D eigenvalue weighted by Crippen LogP contribution is -2.41. The van der Waals surface area contributed by atoms with Gasteiger partial charge in [-0.15, -0.1) is 11.7 Å². The zero-order valence-corrected chi connectivity index (χ0v) is 21.5. The minimum atomic E-state index is -4.44. The maximum absolute atomic E-state index is 13.5. The number of amides is 1. The number of methoxy groups -OCH3 is 1. The van der Waals surface area contributed by atoms with Crippen molar-refractivity contribution in [3.05, 3.63) is 76.2 Å². The fourth-order valence-corrected chi connectivity index (χ4v) is 4.85. The average molecular weight is 519 g/mol. The predicted octanol–water partition coefficient (Wildman–Crippen LogP) is 3.25. The van der Waals surface area contributed by atoms with Gasteiger partial charge in [-0.2, -0.15) is 8.42 Å². The van der Waals surface area contributed by atoms with Crippen LogP contribution in [0.15, 0.2) is 64.8 Å². The Bertz CT molecular complexity index is 1420. The van der Waals surface area contributed by atoms with Gasteiger partial charge < -0.3 is 10.1 Å². The molecule has 1 heterocycles. The Kier molecular flexibility index (Phi) is 7.56. The van der Waals surface area contributed by atoms with Crippen LogP contribution in [0, 0.1) is 0 Å². The van der Waals surface area contributed by atoms with Crippen LogP contribution in [0.4, 0.5) is 0 Å². The van der Waals surface area contributed by atoms with Gasteiger partial charge >= 0.3 is 5.69 Å². The number of aromatic nitrogens is 3. The molecule has 0 saturated carbocycles. The van der Waals surface area contributed by atoms with Gasteiger partial charge in [0.05, 0.1) is 13.5 Å². The number of allylic oxidation sites excluding steroid dienone is 1. The van der Waals surface area contributed by atoms with Gasteiger partial charge in [-0.25, -0.2) is 4.79 Å². The molecule has 3 rings (SSSR count). The van der Waals surface area contributed by atoms with Gasteiger partial charge in [0.25, 0.3) is 10.0 Å². The number of carbonyl (C=O) groups excluding carboxylic acids is 1. The molecule has 0 aliphatic heterocycles. The predicted molar refractivity (Wildman–Crippen MR) is 134 cm³/mol. The van der Waals surface area contributed by atoms with Crippen molar-refractivity contribution in [2.45, 2.75) is 44.2 Å². The molecule has 0 atom stereocenters. The number of nitrogens with zero attached hydrogens (tertiary/aromatic N) is 3. The summed E-state index contributed by atoms with van der Waals surface area (Å²) in [5, 5.41) is 7.47. The monoisotopic (exact) mass is 518 g/mol. The van der Waals surface area contributed by atoms with Crippen molar-refractivity contribution in [1.82, 2.24) is 19.1 Å².